The highest BCUT2D eigenvalue weighted by Crippen LogP contribution is 2.27. The molecule has 0 fully saturated rings. The summed E-state index contributed by atoms with van der Waals surface area (Å²) in [5.74, 6) is 7.23. The second-order valence-electron chi connectivity index (χ2n) is 4.70. The van der Waals surface area contributed by atoms with E-state index >= 15 is 0 Å². The Morgan fingerprint density at radius 1 is 1.41 bits per heavy atom. The van der Waals surface area contributed by atoms with E-state index in [0.29, 0.717) is 5.92 Å². The highest BCUT2D eigenvalue weighted by molar-refractivity contribution is 5.37. The van der Waals surface area contributed by atoms with E-state index in [1.807, 2.05) is 6.92 Å². The van der Waals surface area contributed by atoms with Crippen LogP contribution in [0.25, 0.3) is 0 Å². The van der Waals surface area contributed by atoms with Crippen LogP contribution < -0.4 is 16.0 Å². The van der Waals surface area contributed by atoms with Gasteiger partial charge in [0, 0.05) is 6.04 Å². The van der Waals surface area contributed by atoms with Gasteiger partial charge in [-0.15, -0.1) is 0 Å². The Hall–Kier alpha value is -1.06. The van der Waals surface area contributed by atoms with Crippen molar-refractivity contribution in [1.82, 2.24) is 5.43 Å². The molecule has 0 heterocycles. The SMILES string of the molecule is CCC(C)CC(NN)c1ccc(C)c(OC)c1. The minimum Gasteiger partial charge on any atom is -0.496 e. The largest absolute Gasteiger partial charge is 0.496 e. The molecular weight excluding hydrogens is 212 g/mol. The maximum Gasteiger partial charge on any atom is 0.122 e. The van der Waals surface area contributed by atoms with Crippen LogP contribution in [0.2, 0.25) is 0 Å². The number of ether oxygens (including phenoxy) is 1. The quantitative estimate of drug-likeness (QED) is 0.589. The lowest BCUT2D eigenvalue weighted by Gasteiger charge is -2.20. The molecule has 3 nitrogen and oxygen atoms in total. The molecule has 0 aliphatic carbocycles. The summed E-state index contributed by atoms with van der Waals surface area (Å²) in [4.78, 5) is 0. The summed E-state index contributed by atoms with van der Waals surface area (Å²) in [6.45, 7) is 6.49. The third kappa shape index (κ3) is 3.72. The van der Waals surface area contributed by atoms with Gasteiger partial charge in [0.15, 0.2) is 0 Å². The molecule has 0 aliphatic rings. The number of nitrogens with two attached hydrogens (primary N) is 1. The fourth-order valence-electron chi connectivity index (χ4n) is 1.92. The lowest BCUT2D eigenvalue weighted by molar-refractivity contribution is 0.397. The molecular formula is C14H24N2O. The first kappa shape index (κ1) is 14.0. The van der Waals surface area contributed by atoms with Crippen LogP contribution in [0.1, 0.15) is 43.9 Å². The summed E-state index contributed by atoms with van der Waals surface area (Å²) in [7, 11) is 1.70. The minimum absolute atomic E-state index is 0.194. The lowest BCUT2D eigenvalue weighted by atomic mass is 9.94. The van der Waals surface area contributed by atoms with Gasteiger partial charge >= 0.3 is 0 Å². The Morgan fingerprint density at radius 2 is 2.12 bits per heavy atom. The summed E-state index contributed by atoms with van der Waals surface area (Å²) >= 11 is 0. The first-order valence-corrected chi connectivity index (χ1v) is 6.23. The molecule has 2 atom stereocenters. The van der Waals surface area contributed by atoms with Gasteiger partial charge in [-0.05, 0) is 36.5 Å². The fourth-order valence-corrected chi connectivity index (χ4v) is 1.92. The molecule has 0 amide bonds. The average Bonchev–Trinajstić information content (AvgIpc) is 2.36. The molecule has 0 aromatic heterocycles. The van der Waals surface area contributed by atoms with Crippen molar-refractivity contribution in [3.05, 3.63) is 29.3 Å². The van der Waals surface area contributed by atoms with Crippen molar-refractivity contribution in [2.24, 2.45) is 11.8 Å². The van der Waals surface area contributed by atoms with Gasteiger partial charge in [-0.1, -0.05) is 32.4 Å². The second kappa shape index (κ2) is 6.62. The monoisotopic (exact) mass is 236 g/mol. The van der Waals surface area contributed by atoms with Gasteiger partial charge < -0.3 is 4.74 Å². The fraction of sp³-hybridized carbons (Fsp3) is 0.571. The third-order valence-corrected chi connectivity index (χ3v) is 3.37. The molecule has 3 heteroatoms. The molecule has 0 radical (unpaired) electrons. The van der Waals surface area contributed by atoms with E-state index in [2.05, 4.69) is 37.5 Å². The maximum atomic E-state index is 5.65. The summed E-state index contributed by atoms with van der Waals surface area (Å²) in [6, 6.07) is 6.46. The molecule has 17 heavy (non-hydrogen) atoms. The predicted molar refractivity (Wildman–Crippen MR) is 71.9 cm³/mol. The normalized spacial score (nSPS) is 14.4. The number of nitrogens with one attached hydrogen (secondary N) is 1. The van der Waals surface area contributed by atoms with E-state index < -0.39 is 0 Å². The highest BCUT2D eigenvalue weighted by Gasteiger charge is 2.14. The van der Waals surface area contributed by atoms with Crippen LogP contribution in [0.4, 0.5) is 0 Å². The first-order chi connectivity index (χ1) is 8.12. The van der Waals surface area contributed by atoms with Gasteiger partial charge in [-0.2, -0.15) is 0 Å². The van der Waals surface area contributed by atoms with E-state index in [-0.39, 0.29) is 6.04 Å². The van der Waals surface area contributed by atoms with E-state index in [1.165, 1.54) is 12.0 Å². The zero-order valence-corrected chi connectivity index (χ0v) is 11.3. The topological polar surface area (TPSA) is 47.3 Å². The van der Waals surface area contributed by atoms with Crippen LogP contribution in [0.3, 0.4) is 0 Å². The summed E-state index contributed by atoms with van der Waals surface area (Å²) in [5.41, 5.74) is 5.24. The van der Waals surface area contributed by atoms with Crippen molar-refractivity contribution < 1.29 is 4.74 Å². The molecule has 0 bridgehead atoms. The van der Waals surface area contributed by atoms with Crippen LogP contribution in [-0.2, 0) is 0 Å². The van der Waals surface area contributed by atoms with Gasteiger partial charge in [-0.25, -0.2) is 0 Å². The Balaban J connectivity index is 2.88. The lowest BCUT2D eigenvalue weighted by Crippen LogP contribution is -2.29. The Labute approximate surface area is 104 Å². The predicted octanol–water partition coefficient (Wildman–Crippen LogP) is 2.94. The number of benzene rings is 1. The molecule has 1 rings (SSSR count). The summed E-state index contributed by atoms with van der Waals surface area (Å²) < 4.78 is 5.34. The van der Waals surface area contributed by atoms with Crippen LogP contribution >= 0.6 is 0 Å². The number of aryl methyl sites for hydroxylation is 1. The third-order valence-electron chi connectivity index (χ3n) is 3.37. The summed E-state index contributed by atoms with van der Waals surface area (Å²) in [5, 5.41) is 0. The molecule has 1 aromatic rings. The van der Waals surface area contributed by atoms with Gasteiger partial charge in [0.25, 0.3) is 0 Å². The minimum atomic E-state index is 0.194. The molecule has 1 aromatic carbocycles. The first-order valence-electron chi connectivity index (χ1n) is 6.23. The number of methoxy groups -OCH3 is 1. The van der Waals surface area contributed by atoms with E-state index in [4.69, 9.17) is 10.6 Å². The zero-order chi connectivity index (χ0) is 12.8. The summed E-state index contributed by atoms with van der Waals surface area (Å²) in [6.07, 6.45) is 2.21. The zero-order valence-electron chi connectivity index (χ0n) is 11.3. The van der Waals surface area contributed by atoms with Crippen LogP contribution in [-0.4, -0.2) is 7.11 Å². The van der Waals surface area contributed by atoms with Crippen molar-refractivity contribution in [2.45, 2.75) is 39.7 Å². The smallest absolute Gasteiger partial charge is 0.122 e. The molecule has 96 valence electrons. The van der Waals surface area contributed by atoms with Crippen LogP contribution in [0.15, 0.2) is 18.2 Å². The number of hydrogen-bond donors (Lipinski definition) is 2. The number of hydrazine groups is 1. The van der Waals surface area contributed by atoms with Gasteiger partial charge in [0.05, 0.1) is 7.11 Å². The molecule has 0 saturated carbocycles. The molecule has 0 aliphatic heterocycles. The van der Waals surface area contributed by atoms with E-state index in [9.17, 15) is 0 Å². The average molecular weight is 236 g/mol. The number of rotatable bonds is 6. The van der Waals surface area contributed by atoms with Crippen molar-refractivity contribution in [2.75, 3.05) is 7.11 Å². The van der Waals surface area contributed by atoms with Gasteiger partial charge in [-0.3, -0.25) is 11.3 Å². The van der Waals surface area contributed by atoms with Crippen molar-refractivity contribution in [3.8, 4) is 5.75 Å². The van der Waals surface area contributed by atoms with Gasteiger partial charge in [0.2, 0.25) is 0 Å². The Kier molecular flexibility index (Phi) is 5.45. The highest BCUT2D eigenvalue weighted by atomic mass is 16.5. The van der Waals surface area contributed by atoms with E-state index in [1.54, 1.807) is 7.11 Å². The van der Waals surface area contributed by atoms with Crippen molar-refractivity contribution >= 4 is 0 Å². The molecule has 2 unspecified atom stereocenters. The molecule has 3 N–H and O–H groups in total. The molecule has 0 saturated heterocycles. The Morgan fingerprint density at radius 3 is 2.65 bits per heavy atom. The van der Waals surface area contributed by atoms with Crippen molar-refractivity contribution in [1.29, 1.82) is 0 Å². The standard InChI is InChI=1S/C14H24N2O/c1-5-10(2)8-13(16-15)12-7-6-11(3)14(9-12)17-4/h6-7,9-10,13,16H,5,8,15H2,1-4H3. The number of hydrogen-bond acceptors (Lipinski definition) is 3. The van der Waals surface area contributed by atoms with Crippen LogP contribution in [0.5, 0.6) is 5.75 Å². The van der Waals surface area contributed by atoms with Crippen molar-refractivity contribution in [3.63, 3.8) is 0 Å². The van der Waals surface area contributed by atoms with E-state index in [0.717, 1.165) is 17.7 Å². The second-order valence-corrected chi connectivity index (χ2v) is 4.70. The van der Waals surface area contributed by atoms with Gasteiger partial charge in [0.1, 0.15) is 5.75 Å². The maximum absolute atomic E-state index is 5.65. The van der Waals surface area contributed by atoms with Crippen LogP contribution in [0, 0.1) is 12.8 Å². The Bertz CT molecular complexity index is 352. The molecule has 0 spiro atoms.